The molecule has 0 saturated heterocycles. The van der Waals surface area contributed by atoms with Gasteiger partial charge in [-0.2, -0.15) is 4.72 Å². The van der Waals surface area contributed by atoms with Gasteiger partial charge in [0.05, 0.1) is 9.79 Å². The molecule has 10 heteroatoms. The van der Waals surface area contributed by atoms with Crippen LogP contribution in [-0.2, 0) is 37.8 Å². The first-order valence-corrected chi connectivity index (χ1v) is 12.7. The second kappa shape index (κ2) is 10.0. The fraction of sp³-hybridized carbons (Fsp3) is 0.136. The number of primary sulfonamides is 1. The van der Waals surface area contributed by atoms with Crippen molar-refractivity contribution in [2.45, 2.75) is 28.8 Å². The number of rotatable bonds is 9. The number of benzene rings is 3. The standard InChI is InChI=1S/C22H23N3O5S2/c23-31(27,28)19-13-11-18(12-14-19)16-24-22(26)21(15-17-7-3-1-4-8-17)25-32(29,30)20-9-5-2-6-10-20/h1-14,21,25H,15-16H2,(H,24,26)(H2,23,27,28)/t21-/m0/s1. The Morgan fingerprint density at radius 1 is 0.750 bits per heavy atom. The SMILES string of the molecule is NS(=O)(=O)c1ccc(CNC(=O)[C@H](Cc2ccccc2)NS(=O)(=O)c2ccccc2)cc1. The monoisotopic (exact) mass is 473 g/mol. The summed E-state index contributed by atoms with van der Waals surface area (Å²) in [6.07, 6.45) is 0.156. The minimum atomic E-state index is -3.92. The molecule has 0 radical (unpaired) electrons. The zero-order valence-corrected chi connectivity index (χ0v) is 18.6. The predicted molar refractivity (Wildman–Crippen MR) is 120 cm³/mol. The van der Waals surface area contributed by atoms with Crippen molar-refractivity contribution >= 4 is 26.0 Å². The molecule has 8 nitrogen and oxygen atoms in total. The first kappa shape index (κ1) is 23.6. The molecule has 0 aliphatic heterocycles. The zero-order chi connectivity index (χ0) is 23.2. The third-order valence-electron chi connectivity index (χ3n) is 4.67. The van der Waals surface area contributed by atoms with Crippen molar-refractivity contribution in [3.05, 3.63) is 96.1 Å². The number of carbonyl (C=O) groups excluding carboxylic acids is 1. The molecular weight excluding hydrogens is 450 g/mol. The smallest absolute Gasteiger partial charge is 0.241 e. The van der Waals surface area contributed by atoms with Gasteiger partial charge < -0.3 is 5.32 Å². The minimum absolute atomic E-state index is 0.0369. The van der Waals surface area contributed by atoms with E-state index in [9.17, 15) is 21.6 Å². The number of carbonyl (C=O) groups is 1. The summed E-state index contributed by atoms with van der Waals surface area (Å²) in [5.41, 5.74) is 1.43. The van der Waals surface area contributed by atoms with Gasteiger partial charge in [0.25, 0.3) is 0 Å². The van der Waals surface area contributed by atoms with Gasteiger partial charge in [-0.1, -0.05) is 60.7 Å². The van der Waals surface area contributed by atoms with Gasteiger partial charge in [-0.15, -0.1) is 0 Å². The number of amides is 1. The molecule has 3 rings (SSSR count). The molecule has 0 fully saturated rings. The average Bonchev–Trinajstić information content (AvgIpc) is 2.78. The fourth-order valence-corrected chi connectivity index (χ4v) is 4.73. The second-order valence-corrected chi connectivity index (χ2v) is 10.4. The minimum Gasteiger partial charge on any atom is -0.351 e. The summed E-state index contributed by atoms with van der Waals surface area (Å²) in [5, 5.41) is 7.79. The summed E-state index contributed by atoms with van der Waals surface area (Å²) in [7, 11) is -7.73. The molecule has 0 heterocycles. The lowest BCUT2D eigenvalue weighted by molar-refractivity contribution is -0.122. The highest BCUT2D eigenvalue weighted by Gasteiger charge is 2.26. The van der Waals surface area contributed by atoms with Crippen molar-refractivity contribution in [2.75, 3.05) is 0 Å². The van der Waals surface area contributed by atoms with Gasteiger partial charge in [0.2, 0.25) is 26.0 Å². The number of sulfonamides is 2. The molecule has 0 aromatic heterocycles. The average molecular weight is 474 g/mol. The lowest BCUT2D eigenvalue weighted by atomic mass is 10.1. The Labute approximate surface area is 187 Å². The van der Waals surface area contributed by atoms with E-state index in [1.807, 2.05) is 30.3 Å². The summed E-state index contributed by atoms with van der Waals surface area (Å²) in [5.74, 6) is -0.510. The van der Waals surface area contributed by atoms with Crippen LogP contribution in [0.4, 0.5) is 0 Å². The van der Waals surface area contributed by atoms with Crippen LogP contribution in [0.25, 0.3) is 0 Å². The Morgan fingerprint density at radius 3 is 1.88 bits per heavy atom. The van der Waals surface area contributed by atoms with Crippen molar-refractivity contribution in [1.82, 2.24) is 10.0 Å². The van der Waals surface area contributed by atoms with Gasteiger partial charge >= 0.3 is 0 Å². The number of hydrogen-bond donors (Lipinski definition) is 3. The van der Waals surface area contributed by atoms with E-state index >= 15 is 0 Å². The maximum Gasteiger partial charge on any atom is 0.241 e. The summed E-state index contributed by atoms with van der Waals surface area (Å²) in [4.78, 5) is 12.9. The zero-order valence-electron chi connectivity index (χ0n) is 17.0. The molecule has 1 atom stereocenters. The van der Waals surface area contributed by atoms with Crippen LogP contribution in [0.2, 0.25) is 0 Å². The van der Waals surface area contributed by atoms with Gasteiger partial charge in [-0.25, -0.2) is 22.0 Å². The second-order valence-electron chi connectivity index (χ2n) is 7.08. The molecule has 0 saturated carbocycles. The largest absolute Gasteiger partial charge is 0.351 e. The quantitative estimate of drug-likeness (QED) is 0.433. The summed E-state index contributed by atoms with van der Waals surface area (Å²) < 4.78 is 50.8. The lowest BCUT2D eigenvalue weighted by Gasteiger charge is -2.19. The highest BCUT2D eigenvalue weighted by Crippen LogP contribution is 2.12. The highest BCUT2D eigenvalue weighted by atomic mass is 32.2. The molecule has 1 amide bonds. The van der Waals surface area contributed by atoms with E-state index in [0.717, 1.165) is 5.56 Å². The van der Waals surface area contributed by atoms with Crippen molar-refractivity contribution in [3.63, 3.8) is 0 Å². The topological polar surface area (TPSA) is 135 Å². The normalized spacial score (nSPS) is 12.8. The number of hydrogen-bond acceptors (Lipinski definition) is 5. The third kappa shape index (κ3) is 6.47. The van der Waals surface area contributed by atoms with Gasteiger partial charge in [0.1, 0.15) is 6.04 Å². The molecular formula is C22H23N3O5S2. The van der Waals surface area contributed by atoms with E-state index in [1.165, 1.54) is 36.4 Å². The van der Waals surface area contributed by atoms with E-state index < -0.39 is 32.0 Å². The van der Waals surface area contributed by atoms with E-state index in [4.69, 9.17) is 5.14 Å². The molecule has 0 bridgehead atoms. The van der Waals surface area contributed by atoms with E-state index in [-0.39, 0.29) is 22.8 Å². The van der Waals surface area contributed by atoms with Crippen molar-refractivity contribution in [1.29, 1.82) is 0 Å². The predicted octanol–water partition coefficient (Wildman–Crippen LogP) is 1.54. The first-order valence-electron chi connectivity index (χ1n) is 9.66. The summed E-state index contributed by atoms with van der Waals surface area (Å²) in [6.45, 7) is 0.0854. The number of nitrogens with two attached hydrogens (primary N) is 1. The number of nitrogens with one attached hydrogen (secondary N) is 2. The van der Waals surface area contributed by atoms with Crippen LogP contribution in [0.1, 0.15) is 11.1 Å². The molecule has 0 spiro atoms. The Hall–Kier alpha value is -3.05. The van der Waals surface area contributed by atoms with Gasteiger partial charge in [-0.3, -0.25) is 4.79 Å². The van der Waals surface area contributed by atoms with Crippen molar-refractivity contribution < 1.29 is 21.6 Å². The van der Waals surface area contributed by atoms with Crippen LogP contribution in [0.3, 0.4) is 0 Å². The highest BCUT2D eigenvalue weighted by molar-refractivity contribution is 7.89. The molecule has 0 unspecified atom stereocenters. The van der Waals surface area contributed by atoms with Crippen molar-refractivity contribution in [2.24, 2.45) is 5.14 Å². The molecule has 168 valence electrons. The van der Waals surface area contributed by atoms with Crippen LogP contribution < -0.4 is 15.2 Å². The molecule has 32 heavy (non-hydrogen) atoms. The summed E-state index contributed by atoms with van der Waals surface area (Å²) in [6, 6.07) is 21.6. The Kier molecular flexibility index (Phi) is 7.41. The van der Waals surface area contributed by atoms with Crippen LogP contribution in [0, 0.1) is 0 Å². The van der Waals surface area contributed by atoms with Crippen LogP contribution in [0.5, 0.6) is 0 Å². The Bertz CT molecular complexity index is 1260. The Morgan fingerprint density at radius 2 is 1.31 bits per heavy atom. The lowest BCUT2D eigenvalue weighted by Crippen LogP contribution is -2.47. The van der Waals surface area contributed by atoms with Gasteiger partial charge in [-0.05, 0) is 41.8 Å². The van der Waals surface area contributed by atoms with Gasteiger partial charge in [0.15, 0.2) is 0 Å². The van der Waals surface area contributed by atoms with E-state index in [0.29, 0.717) is 5.56 Å². The molecule has 3 aromatic carbocycles. The van der Waals surface area contributed by atoms with E-state index in [1.54, 1.807) is 18.2 Å². The molecule has 3 aromatic rings. The molecule has 0 aliphatic carbocycles. The van der Waals surface area contributed by atoms with Crippen LogP contribution in [0.15, 0.2) is 94.7 Å². The third-order valence-corrected chi connectivity index (χ3v) is 7.09. The summed E-state index contributed by atoms with van der Waals surface area (Å²) >= 11 is 0. The maximum atomic E-state index is 12.9. The first-order chi connectivity index (χ1) is 15.1. The fourth-order valence-electron chi connectivity index (χ4n) is 3.00. The maximum absolute atomic E-state index is 12.9. The molecule has 4 N–H and O–H groups in total. The van der Waals surface area contributed by atoms with E-state index in [2.05, 4.69) is 10.0 Å². The van der Waals surface area contributed by atoms with Gasteiger partial charge in [0, 0.05) is 6.54 Å². The van der Waals surface area contributed by atoms with Crippen LogP contribution >= 0.6 is 0 Å². The van der Waals surface area contributed by atoms with Crippen molar-refractivity contribution in [3.8, 4) is 0 Å². The van der Waals surface area contributed by atoms with Crippen LogP contribution in [-0.4, -0.2) is 28.8 Å². The Balaban J connectivity index is 1.75. The molecule has 0 aliphatic rings.